The second-order valence-electron chi connectivity index (χ2n) is 7.85. The van der Waals surface area contributed by atoms with Gasteiger partial charge in [-0.3, -0.25) is 9.59 Å². The van der Waals surface area contributed by atoms with Crippen LogP contribution in [0.1, 0.15) is 54.1 Å². The van der Waals surface area contributed by atoms with Gasteiger partial charge in [0, 0.05) is 30.6 Å². The molecule has 1 N–H and O–H groups in total. The molecule has 156 valence electrons. The molecule has 0 aliphatic carbocycles. The van der Waals surface area contributed by atoms with Crippen LogP contribution in [0.15, 0.2) is 28.8 Å². The first-order valence-electron chi connectivity index (χ1n) is 10.1. The zero-order valence-electron chi connectivity index (χ0n) is 17.5. The molecule has 29 heavy (non-hydrogen) atoms. The van der Waals surface area contributed by atoms with Gasteiger partial charge in [0.2, 0.25) is 5.91 Å². The Morgan fingerprint density at radius 3 is 2.62 bits per heavy atom. The molecule has 0 bridgehead atoms. The second kappa shape index (κ2) is 9.11. The highest BCUT2D eigenvalue weighted by Crippen LogP contribution is 2.19. The summed E-state index contributed by atoms with van der Waals surface area (Å²) in [7, 11) is 0. The Balaban J connectivity index is 1.54. The molecule has 1 aromatic carbocycles. The first-order valence-corrected chi connectivity index (χ1v) is 10.1. The van der Waals surface area contributed by atoms with E-state index in [1.54, 1.807) is 12.1 Å². The largest absolute Gasteiger partial charge is 0.489 e. The lowest BCUT2D eigenvalue weighted by atomic mass is 10.0. The highest BCUT2D eigenvalue weighted by atomic mass is 16.5. The molecule has 3 rings (SSSR count). The molecule has 0 saturated carbocycles. The molecule has 1 aliphatic rings. The van der Waals surface area contributed by atoms with E-state index in [9.17, 15) is 9.59 Å². The summed E-state index contributed by atoms with van der Waals surface area (Å²) in [5, 5.41) is 7.00. The molecular weight excluding hydrogens is 370 g/mol. The maximum Gasteiger partial charge on any atom is 0.251 e. The molecule has 2 aromatic rings. The van der Waals surface area contributed by atoms with Gasteiger partial charge in [-0.25, -0.2) is 0 Å². The minimum atomic E-state index is -0.124. The van der Waals surface area contributed by atoms with Crippen LogP contribution in [0, 0.1) is 19.8 Å². The minimum absolute atomic E-state index is 0.00860. The first-order chi connectivity index (χ1) is 13.8. The summed E-state index contributed by atoms with van der Waals surface area (Å²) < 4.78 is 11.0. The molecule has 7 nitrogen and oxygen atoms in total. The van der Waals surface area contributed by atoms with Crippen LogP contribution in [-0.2, 0) is 11.4 Å². The number of hydrogen-bond donors (Lipinski definition) is 1. The van der Waals surface area contributed by atoms with Gasteiger partial charge >= 0.3 is 0 Å². The molecule has 1 aliphatic heterocycles. The zero-order valence-corrected chi connectivity index (χ0v) is 17.5. The summed E-state index contributed by atoms with van der Waals surface area (Å²) in [5.74, 6) is 1.42. The van der Waals surface area contributed by atoms with Crippen LogP contribution in [0.5, 0.6) is 5.75 Å². The number of aryl methyl sites for hydroxylation is 2. The van der Waals surface area contributed by atoms with Gasteiger partial charge in [-0.15, -0.1) is 0 Å². The third kappa shape index (κ3) is 5.16. The number of nitrogens with one attached hydrogen (secondary N) is 1. The average molecular weight is 399 g/mol. The average Bonchev–Trinajstić information content (AvgIpc) is 3.04. The Morgan fingerprint density at radius 2 is 2.00 bits per heavy atom. The minimum Gasteiger partial charge on any atom is -0.489 e. The Morgan fingerprint density at radius 1 is 1.28 bits per heavy atom. The van der Waals surface area contributed by atoms with E-state index >= 15 is 0 Å². The molecule has 7 heteroatoms. The normalized spacial score (nSPS) is 14.9. The highest BCUT2D eigenvalue weighted by Gasteiger charge is 2.25. The second-order valence-corrected chi connectivity index (χ2v) is 7.85. The van der Waals surface area contributed by atoms with Gasteiger partial charge < -0.3 is 19.5 Å². The van der Waals surface area contributed by atoms with E-state index in [2.05, 4.69) is 10.5 Å². The number of hydrogen-bond acceptors (Lipinski definition) is 5. The molecule has 2 heterocycles. The van der Waals surface area contributed by atoms with Crippen molar-refractivity contribution in [1.29, 1.82) is 0 Å². The van der Waals surface area contributed by atoms with E-state index in [4.69, 9.17) is 9.26 Å². The van der Waals surface area contributed by atoms with E-state index < -0.39 is 0 Å². The predicted molar refractivity (Wildman–Crippen MR) is 109 cm³/mol. The molecule has 2 amide bonds. The maximum absolute atomic E-state index is 12.7. The number of carbonyl (C=O) groups excluding carboxylic acids is 2. The number of carbonyl (C=O) groups is 2. The van der Waals surface area contributed by atoms with E-state index in [1.807, 2.05) is 44.7 Å². The van der Waals surface area contributed by atoms with Crippen molar-refractivity contribution in [2.45, 2.75) is 53.2 Å². The van der Waals surface area contributed by atoms with Crippen molar-refractivity contribution in [2.75, 3.05) is 13.1 Å². The fraction of sp³-hybridized carbons (Fsp3) is 0.500. The number of amides is 2. The third-order valence-electron chi connectivity index (χ3n) is 5.30. The fourth-order valence-corrected chi connectivity index (χ4v) is 3.47. The molecule has 0 atom stereocenters. The Labute approximate surface area is 171 Å². The van der Waals surface area contributed by atoms with Crippen LogP contribution in [0.2, 0.25) is 0 Å². The number of likely N-dealkylation sites (tertiary alicyclic amines) is 1. The van der Waals surface area contributed by atoms with Gasteiger partial charge in [0.1, 0.15) is 18.1 Å². The predicted octanol–water partition coefficient (Wildman–Crippen LogP) is 3.25. The fourth-order valence-electron chi connectivity index (χ4n) is 3.47. The molecule has 1 fully saturated rings. The van der Waals surface area contributed by atoms with Gasteiger partial charge in [-0.1, -0.05) is 25.1 Å². The van der Waals surface area contributed by atoms with Crippen LogP contribution < -0.4 is 10.1 Å². The lowest BCUT2D eigenvalue weighted by molar-refractivity contribution is -0.135. The summed E-state index contributed by atoms with van der Waals surface area (Å²) in [6, 6.07) is 7.22. The molecule has 0 spiro atoms. The summed E-state index contributed by atoms with van der Waals surface area (Å²) >= 11 is 0. The summed E-state index contributed by atoms with van der Waals surface area (Å²) in [5.41, 5.74) is 2.28. The molecule has 0 unspecified atom stereocenters. The third-order valence-corrected chi connectivity index (χ3v) is 5.30. The SMILES string of the molecule is Cc1noc(C)c1COc1cccc(C(=O)NC2CCN(C(=O)C(C)C)CC2)c1. The van der Waals surface area contributed by atoms with Crippen molar-refractivity contribution in [3.63, 3.8) is 0 Å². The summed E-state index contributed by atoms with van der Waals surface area (Å²) in [4.78, 5) is 26.6. The van der Waals surface area contributed by atoms with Crippen LogP contribution in [0.3, 0.4) is 0 Å². The van der Waals surface area contributed by atoms with E-state index in [-0.39, 0.29) is 23.8 Å². The van der Waals surface area contributed by atoms with Crippen LogP contribution in [-0.4, -0.2) is 41.0 Å². The Hall–Kier alpha value is -2.83. The molecular formula is C22H29N3O4. The number of aromatic nitrogens is 1. The van der Waals surface area contributed by atoms with Crippen LogP contribution in [0.4, 0.5) is 0 Å². The quantitative estimate of drug-likeness (QED) is 0.806. The van der Waals surface area contributed by atoms with E-state index in [0.717, 1.165) is 29.9 Å². The van der Waals surface area contributed by atoms with E-state index in [0.29, 0.717) is 31.0 Å². The van der Waals surface area contributed by atoms with Gasteiger partial charge in [0.05, 0.1) is 11.3 Å². The summed E-state index contributed by atoms with van der Waals surface area (Å²) in [6.07, 6.45) is 1.54. The van der Waals surface area contributed by atoms with Gasteiger partial charge in [0.25, 0.3) is 5.91 Å². The van der Waals surface area contributed by atoms with Crippen molar-refractivity contribution in [1.82, 2.24) is 15.4 Å². The lowest BCUT2D eigenvalue weighted by Gasteiger charge is -2.33. The Kier molecular flexibility index (Phi) is 6.56. The maximum atomic E-state index is 12.7. The topological polar surface area (TPSA) is 84.7 Å². The Bertz CT molecular complexity index is 847. The van der Waals surface area contributed by atoms with Crippen molar-refractivity contribution in [2.24, 2.45) is 5.92 Å². The zero-order chi connectivity index (χ0) is 21.0. The lowest BCUT2D eigenvalue weighted by Crippen LogP contribution is -2.47. The van der Waals surface area contributed by atoms with Crippen molar-refractivity contribution in [3.8, 4) is 5.75 Å². The summed E-state index contributed by atoms with van der Waals surface area (Å²) in [6.45, 7) is 9.26. The number of rotatable bonds is 6. The number of piperidine rings is 1. The van der Waals surface area contributed by atoms with Crippen molar-refractivity contribution in [3.05, 3.63) is 46.8 Å². The van der Waals surface area contributed by atoms with Crippen molar-refractivity contribution >= 4 is 11.8 Å². The monoisotopic (exact) mass is 399 g/mol. The van der Waals surface area contributed by atoms with Gasteiger partial charge in [0.15, 0.2) is 0 Å². The number of nitrogens with zero attached hydrogens (tertiary/aromatic N) is 2. The first kappa shape index (κ1) is 20.9. The standard InChI is InChI=1S/C22H29N3O4/c1-14(2)22(27)25-10-8-18(9-11-25)23-21(26)17-6-5-7-19(12-17)28-13-20-15(3)24-29-16(20)4/h5-7,12,14,18H,8-11,13H2,1-4H3,(H,23,26). The van der Waals surface area contributed by atoms with Gasteiger partial charge in [-0.2, -0.15) is 0 Å². The highest BCUT2D eigenvalue weighted by molar-refractivity contribution is 5.94. The van der Waals surface area contributed by atoms with Crippen LogP contribution in [0.25, 0.3) is 0 Å². The number of benzene rings is 1. The smallest absolute Gasteiger partial charge is 0.251 e. The molecule has 1 saturated heterocycles. The number of ether oxygens (including phenoxy) is 1. The van der Waals surface area contributed by atoms with E-state index in [1.165, 1.54) is 0 Å². The van der Waals surface area contributed by atoms with Crippen molar-refractivity contribution < 1.29 is 18.8 Å². The molecule has 0 radical (unpaired) electrons. The van der Waals surface area contributed by atoms with Gasteiger partial charge in [-0.05, 0) is 44.9 Å². The molecule has 1 aromatic heterocycles. The van der Waals surface area contributed by atoms with Crippen LogP contribution >= 0.6 is 0 Å².